The number of pyridine rings is 1. The molecule has 0 bridgehead atoms. The van der Waals surface area contributed by atoms with Crippen LogP contribution in [-0.4, -0.2) is 28.5 Å². The van der Waals surface area contributed by atoms with Crippen molar-refractivity contribution in [1.29, 1.82) is 0 Å². The molecule has 1 atom stereocenters. The van der Waals surface area contributed by atoms with Crippen LogP contribution in [0.2, 0.25) is 5.15 Å². The zero-order valence-corrected chi connectivity index (χ0v) is 11.2. The maximum absolute atomic E-state index is 10.6. The van der Waals surface area contributed by atoms with Gasteiger partial charge in [-0.25, -0.2) is 4.98 Å². The summed E-state index contributed by atoms with van der Waals surface area (Å²) in [6.07, 6.45) is 2.04. The molecule has 0 aliphatic rings. The fraction of sp³-hybridized carbons (Fsp3) is 0.500. The molecule has 0 saturated carbocycles. The number of halogens is 1. The SMILES string of the molecule is CSCC(C)CNc1cc([N+](=O)[O-])cc(Cl)n1. The predicted octanol–water partition coefficient (Wildman–Crippen LogP) is 3.05. The average Bonchev–Trinajstić information content (AvgIpc) is 2.26. The summed E-state index contributed by atoms with van der Waals surface area (Å²) in [7, 11) is 0. The maximum atomic E-state index is 10.6. The Morgan fingerprint density at radius 2 is 2.35 bits per heavy atom. The standard InChI is InChI=1S/C10H14ClN3O2S/c1-7(6-17-2)5-12-10-4-8(14(15)16)3-9(11)13-10/h3-4,7H,5-6H2,1-2H3,(H,12,13). The molecule has 5 nitrogen and oxygen atoms in total. The number of nitro groups is 1. The van der Waals surface area contributed by atoms with E-state index in [1.807, 2.05) is 6.26 Å². The molecule has 0 amide bonds. The van der Waals surface area contributed by atoms with Crippen molar-refractivity contribution in [2.45, 2.75) is 6.92 Å². The van der Waals surface area contributed by atoms with E-state index >= 15 is 0 Å². The van der Waals surface area contributed by atoms with Gasteiger partial charge in [0.2, 0.25) is 0 Å². The van der Waals surface area contributed by atoms with Crippen LogP contribution < -0.4 is 5.32 Å². The smallest absolute Gasteiger partial charge is 0.276 e. The van der Waals surface area contributed by atoms with E-state index in [-0.39, 0.29) is 10.8 Å². The van der Waals surface area contributed by atoms with Gasteiger partial charge in [0.15, 0.2) is 0 Å². The second-order valence-electron chi connectivity index (χ2n) is 3.73. The van der Waals surface area contributed by atoms with Crippen molar-refractivity contribution in [2.75, 3.05) is 23.9 Å². The molecule has 1 aromatic rings. The highest BCUT2D eigenvalue weighted by molar-refractivity contribution is 7.98. The molecule has 7 heteroatoms. The first-order chi connectivity index (χ1) is 8.02. The summed E-state index contributed by atoms with van der Waals surface area (Å²) in [6, 6.07) is 2.62. The monoisotopic (exact) mass is 275 g/mol. The number of rotatable bonds is 6. The number of hydrogen-bond acceptors (Lipinski definition) is 5. The van der Waals surface area contributed by atoms with Gasteiger partial charge in [-0.15, -0.1) is 0 Å². The highest BCUT2D eigenvalue weighted by atomic mass is 35.5. The van der Waals surface area contributed by atoms with Gasteiger partial charge in [0, 0.05) is 6.54 Å². The van der Waals surface area contributed by atoms with E-state index in [9.17, 15) is 10.1 Å². The van der Waals surface area contributed by atoms with Crippen molar-refractivity contribution >= 4 is 34.9 Å². The Bertz CT molecular complexity index is 403. The van der Waals surface area contributed by atoms with E-state index in [1.165, 1.54) is 12.1 Å². The lowest BCUT2D eigenvalue weighted by Crippen LogP contribution is -2.14. The van der Waals surface area contributed by atoms with Crippen LogP contribution in [0.5, 0.6) is 0 Å². The number of aromatic nitrogens is 1. The molecule has 0 radical (unpaired) electrons. The average molecular weight is 276 g/mol. The predicted molar refractivity (Wildman–Crippen MR) is 71.9 cm³/mol. The second kappa shape index (κ2) is 6.66. The molecular weight excluding hydrogens is 262 g/mol. The molecule has 1 unspecified atom stereocenters. The molecule has 1 aromatic heterocycles. The number of anilines is 1. The van der Waals surface area contributed by atoms with Crippen LogP contribution in [0.1, 0.15) is 6.92 Å². The van der Waals surface area contributed by atoms with Gasteiger partial charge in [-0.05, 0) is 17.9 Å². The fourth-order valence-electron chi connectivity index (χ4n) is 1.30. The molecule has 1 N–H and O–H groups in total. The summed E-state index contributed by atoms with van der Waals surface area (Å²) in [5.41, 5.74) is -0.0509. The fourth-order valence-corrected chi connectivity index (χ4v) is 2.19. The van der Waals surface area contributed by atoms with Crippen LogP contribution in [0.3, 0.4) is 0 Å². The number of thioether (sulfide) groups is 1. The Kier molecular flexibility index (Phi) is 5.50. The van der Waals surface area contributed by atoms with E-state index in [0.717, 1.165) is 5.75 Å². The largest absolute Gasteiger partial charge is 0.370 e. The van der Waals surface area contributed by atoms with Crippen molar-refractivity contribution in [2.24, 2.45) is 5.92 Å². The van der Waals surface area contributed by atoms with E-state index in [0.29, 0.717) is 18.3 Å². The summed E-state index contributed by atoms with van der Waals surface area (Å²) in [5, 5.41) is 13.8. The third kappa shape index (κ3) is 4.79. The first-order valence-electron chi connectivity index (χ1n) is 5.07. The minimum absolute atomic E-state index is 0.0509. The summed E-state index contributed by atoms with van der Waals surface area (Å²) in [6.45, 7) is 2.81. The Labute approximate surface area is 109 Å². The van der Waals surface area contributed by atoms with Crippen LogP contribution in [0, 0.1) is 16.0 Å². The minimum atomic E-state index is -0.482. The number of nitrogens with zero attached hydrogens (tertiary/aromatic N) is 2. The highest BCUT2D eigenvalue weighted by Crippen LogP contribution is 2.20. The highest BCUT2D eigenvalue weighted by Gasteiger charge is 2.10. The normalized spacial score (nSPS) is 12.2. The summed E-state index contributed by atoms with van der Waals surface area (Å²) < 4.78 is 0. The summed E-state index contributed by atoms with van der Waals surface area (Å²) in [4.78, 5) is 14.1. The Morgan fingerprint density at radius 1 is 1.65 bits per heavy atom. The van der Waals surface area contributed by atoms with Crippen molar-refractivity contribution < 1.29 is 4.92 Å². The van der Waals surface area contributed by atoms with Crippen molar-refractivity contribution in [1.82, 2.24) is 4.98 Å². The molecular formula is C10H14ClN3O2S. The minimum Gasteiger partial charge on any atom is -0.370 e. The Balaban J connectivity index is 2.68. The van der Waals surface area contributed by atoms with E-state index in [4.69, 9.17) is 11.6 Å². The first kappa shape index (κ1) is 14.1. The number of hydrogen-bond donors (Lipinski definition) is 1. The van der Waals surface area contributed by atoms with E-state index < -0.39 is 4.92 Å². The van der Waals surface area contributed by atoms with E-state index in [2.05, 4.69) is 17.2 Å². The van der Waals surface area contributed by atoms with Crippen molar-refractivity contribution in [3.8, 4) is 0 Å². The molecule has 17 heavy (non-hydrogen) atoms. The van der Waals surface area contributed by atoms with Crippen LogP contribution in [-0.2, 0) is 0 Å². The van der Waals surface area contributed by atoms with Crippen LogP contribution in [0.4, 0.5) is 11.5 Å². The third-order valence-corrected chi connectivity index (χ3v) is 3.17. The lowest BCUT2D eigenvalue weighted by molar-refractivity contribution is -0.384. The molecule has 0 aromatic carbocycles. The Morgan fingerprint density at radius 3 is 2.94 bits per heavy atom. The molecule has 0 saturated heterocycles. The lowest BCUT2D eigenvalue weighted by atomic mass is 10.2. The van der Waals surface area contributed by atoms with Gasteiger partial charge in [-0.2, -0.15) is 11.8 Å². The first-order valence-corrected chi connectivity index (χ1v) is 6.85. The van der Waals surface area contributed by atoms with Crippen molar-refractivity contribution in [3.05, 3.63) is 27.4 Å². The molecule has 94 valence electrons. The maximum Gasteiger partial charge on any atom is 0.276 e. The molecule has 0 spiro atoms. The summed E-state index contributed by atoms with van der Waals surface area (Å²) >= 11 is 7.47. The summed E-state index contributed by atoms with van der Waals surface area (Å²) in [5.74, 6) is 1.93. The van der Waals surface area contributed by atoms with Gasteiger partial charge in [-0.3, -0.25) is 10.1 Å². The van der Waals surface area contributed by atoms with E-state index in [1.54, 1.807) is 11.8 Å². The van der Waals surface area contributed by atoms with Gasteiger partial charge < -0.3 is 5.32 Å². The number of nitrogens with one attached hydrogen (secondary N) is 1. The molecule has 1 heterocycles. The molecule has 0 aliphatic carbocycles. The van der Waals surface area contributed by atoms with Crippen LogP contribution >= 0.6 is 23.4 Å². The molecule has 0 fully saturated rings. The van der Waals surface area contributed by atoms with Gasteiger partial charge in [0.1, 0.15) is 11.0 Å². The van der Waals surface area contributed by atoms with Gasteiger partial charge in [0.05, 0.1) is 17.1 Å². The molecule has 0 aliphatic heterocycles. The molecule has 1 rings (SSSR count). The van der Waals surface area contributed by atoms with Crippen LogP contribution in [0.15, 0.2) is 12.1 Å². The topological polar surface area (TPSA) is 68.1 Å². The van der Waals surface area contributed by atoms with Gasteiger partial charge in [0.25, 0.3) is 5.69 Å². The zero-order chi connectivity index (χ0) is 12.8. The lowest BCUT2D eigenvalue weighted by Gasteiger charge is -2.11. The second-order valence-corrected chi connectivity index (χ2v) is 5.03. The van der Waals surface area contributed by atoms with Gasteiger partial charge >= 0.3 is 0 Å². The third-order valence-electron chi connectivity index (χ3n) is 2.07. The zero-order valence-electron chi connectivity index (χ0n) is 9.64. The van der Waals surface area contributed by atoms with Gasteiger partial charge in [-0.1, -0.05) is 18.5 Å². The van der Waals surface area contributed by atoms with Crippen LogP contribution in [0.25, 0.3) is 0 Å². The van der Waals surface area contributed by atoms with Crippen molar-refractivity contribution in [3.63, 3.8) is 0 Å². The quantitative estimate of drug-likeness (QED) is 0.491. The Hall–Kier alpha value is -1.01.